The smallest absolute Gasteiger partial charge is 0.167 e. The van der Waals surface area contributed by atoms with E-state index >= 15 is 0 Å². The van der Waals surface area contributed by atoms with Gasteiger partial charge in [-0.1, -0.05) is 11.6 Å². The van der Waals surface area contributed by atoms with Gasteiger partial charge in [-0.05, 0) is 31.9 Å². The molecule has 18 heavy (non-hydrogen) atoms. The number of rotatable bonds is 4. The number of nitrogen functional groups attached to an aromatic ring is 1. The van der Waals surface area contributed by atoms with Crippen molar-refractivity contribution in [2.45, 2.75) is 25.9 Å². The number of nitrogens with zero attached hydrogens (tertiary/aromatic N) is 1. The molecule has 1 fully saturated rings. The minimum atomic E-state index is -0.448. The molecule has 2 rings (SSSR count). The molecule has 0 amide bonds. The van der Waals surface area contributed by atoms with Crippen molar-refractivity contribution in [2.75, 3.05) is 30.3 Å². The number of anilines is 2. The van der Waals surface area contributed by atoms with E-state index in [0.29, 0.717) is 24.5 Å². The van der Waals surface area contributed by atoms with Gasteiger partial charge in [0.2, 0.25) is 0 Å². The fraction of sp³-hybridized carbons (Fsp3) is 0.538. The first-order chi connectivity index (χ1) is 8.63. The standard InChI is InChI=1S/C13H18ClFN2O/c1-2-17(8-9-4-3-7-18-9)13-11(16)6-5-10(14)12(13)15/h5-6,9H,2-4,7-8,16H2,1H3. The van der Waals surface area contributed by atoms with Crippen LogP contribution in [-0.4, -0.2) is 25.8 Å². The summed E-state index contributed by atoms with van der Waals surface area (Å²) in [5, 5.41) is 0.102. The van der Waals surface area contributed by atoms with E-state index in [2.05, 4.69) is 0 Å². The van der Waals surface area contributed by atoms with E-state index in [1.807, 2.05) is 11.8 Å². The maximum absolute atomic E-state index is 14.1. The predicted molar refractivity (Wildman–Crippen MR) is 72.7 cm³/mol. The monoisotopic (exact) mass is 272 g/mol. The quantitative estimate of drug-likeness (QED) is 0.856. The lowest BCUT2D eigenvalue weighted by Crippen LogP contribution is -2.33. The topological polar surface area (TPSA) is 38.5 Å². The third kappa shape index (κ3) is 2.70. The molecule has 1 aromatic carbocycles. The third-order valence-corrected chi connectivity index (χ3v) is 3.54. The third-order valence-electron chi connectivity index (χ3n) is 3.25. The van der Waals surface area contributed by atoms with Gasteiger partial charge in [-0.2, -0.15) is 0 Å². The Morgan fingerprint density at radius 2 is 2.33 bits per heavy atom. The van der Waals surface area contributed by atoms with Gasteiger partial charge < -0.3 is 15.4 Å². The van der Waals surface area contributed by atoms with Crippen molar-refractivity contribution in [3.8, 4) is 0 Å². The second kappa shape index (κ2) is 5.76. The van der Waals surface area contributed by atoms with Crippen LogP contribution in [0.15, 0.2) is 12.1 Å². The number of nitrogens with two attached hydrogens (primary N) is 1. The zero-order valence-corrected chi connectivity index (χ0v) is 11.2. The molecule has 1 unspecified atom stereocenters. The summed E-state index contributed by atoms with van der Waals surface area (Å²) in [6.45, 7) is 4.07. The summed E-state index contributed by atoms with van der Waals surface area (Å²) in [7, 11) is 0. The highest BCUT2D eigenvalue weighted by Crippen LogP contribution is 2.32. The molecule has 1 heterocycles. The molecule has 0 radical (unpaired) electrons. The fourth-order valence-electron chi connectivity index (χ4n) is 2.29. The van der Waals surface area contributed by atoms with Crippen LogP contribution in [-0.2, 0) is 4.74 Å². The van der Waals surface area contributed by atoms with E-state index < -0.39 is 5.82 Å². The summed E-state index contributed by atoms with van der Waals surface area (Å²) in [4.78, 5) is 1.90. The molecule has 0 aliphatic carbocycles. The molecule has 1 aromatic rings. The average Bonchev–Trinajstić information content (AvgIpc) is 2.86. The van der Waals surface area contributed by atoms with Gasteiger partial charge in [0.05, 0.1) is 22.5 Å². The van der Waals surface area contributed by atoms with Crippen LogP contribution in [0.2, 0.25) is 5.02 Å². The largest absolute Gasteiger partial charge is 0.397 e. The van der Waals surface area contributed by atoms with Gasteiger partial charge in [0.1, 0.15) is 0 Å². The molecule has 0 aromatic heterocycles. The van der Waals surface area contributed by atoms with Crippen LogP contribution in [0.1, 0.15) is 19.8 Å². The average molecular weight is 273 g/mol. The van der Waals surface area contributed by atoms with E-state index in [9.17, 15) is 4.39 Å². The molecular weight excluding hydrogens is 255 g/mol. The minimum absolute atomic E-state index is 0.102. The first-order valence-electron chi connectivity index (χ1n) is 6.23. The van der Waals surface area contributed by atoms with Crippen LogP contribution in [0.25, 0.3) is 0 Å². The van der Waals surface area contributed by atoms with Crippen LogP contribution in [0.4, 0.5) is 15.8 Å². The van der Waals surface area contributed by atoms with Crippen molar-refractivity contribution in [2.24, 2.45) is 0 Å². The number of ether oxygens (including phenoxy) is 1. The van der Waals surface area contributed by atoms with Gasteiger partial charge in [-0.15, -0.1) is 0 Å². The summed E-state index contributed by atoms with van der Waals surface area (Å²) >= 11 is 5.82. The molecule has 0 spiro atoms. The van der Waals surface area contributed by atoms with Gasteiger partial charge in [0.15, 0.2) is 5.82 Å². The van der Waals surface area contributed by atoms with Crippen molar-refractivity contribution in [1.82, 2.24) is 0 Å². The maximum Gasteiger partial charge on any atom is 0.167 e. The highest BCUT2D eigenvalue weighted by molar-refractivity contribution is 6.31. The lowest BCUT2D eigenvalue weighted by Gasteiger charge is -2.27. The van der Waals surface area contributed by atoms with Crippen LogP contribution in [0.3, 0.4) is 0 Å². The number of benzene rings is 1. The van der Waals surface area contributed by atoms with Gasteiger partial charge in [0, 0.05) is 19.7 Å². The van der Waals surface area contributed by atoms with E-state index in [-0.39, 0.29) is 11.1 Å². The summed E-state index contributed by atoms with van der Waals surface area (Å²) in [5.74, 6) is -0.448. The summed E-state index contributed by atoms with van der Waals surface area (Å²) in [6.07, 6.45) is 2.23. The Hall–Kier alpha value is -1.000. The van der Waals surface area contributed by atoms with Gasteiger partial charge >= 0.3 is 0 Å². The Morgan fingerprint density at radius 3 is 2.94 bits per heavy atom. The van der Waals surface area contributed by atoms with Crippen molar-refractivity contribution in [3.63, 3.8) is 0 Å². The highest BCUT2D eigenvalue weighted by atomic mass is 35.5. The Bertz CT molecular complexity index is 422. The van der Waals surface area contributed by atoms with Crippen molar-refractivity contribution < 1.29 is 9.13 Å². The number of halogens is 2. The lowest BCUT2D eigenvalue weighted by molar-refractivity contribution is 0.115. The molecule has 2 N–H and O–H groups in total. The SMILES string of the molecule is CCN(CC1CCCO1)c1c(N)ccc(Cl)c1F. The first kappa shape index (κ1) is 13.4. The Labute approximate surface area is 112 Å². The summed E-state index contributed by atoms with van der Waals surface area (Å²) in [5.41, 5.74) is 6.66. The van der Waals surface area contributed by atoms with Gasteiger partial charge in [-0.25, -0.2) is 4.39 Å². The second-order valence-electron chi connectivity index (χ2n) is 4.47. The van der Waals surface area contributed by atoms with Crippen LogP contribution < -0.4 is 10.6 Å². The van der Waals surface area contributed by atoms with Crippen LogP contribution >= 0.6 is 11.6 Å². The molecule has 1 aliphatic heterocycles. The molecule has 1 atom stereocenters. The summed E-state index contributed by atoms with van der Waals surface area (Å²) in [6, 6.07) is 3.12. The summed E-state index contributed by atoms with van der Waals surface area (Å²) < 4.78 is 19.7. The zero-order valence-electron chi connectivity index (χ0n) is 10.5. The maximum atomic E-state index is 14.1. The predicted octanol–water partition coefficient (Wildman–Crippen LogP) is 3.07. The Morgan fingerprint density at radius 1 is 1.56 bits per heavy atom. The van der Waals surface area contributed by atoms with Crippen molar-refractivity contribution >= 4 is 23.0 Å². The second-order valence-corrected chi connectivity index (χ2v) is 4.88. The molecule has 0 saturated carbocycles. The van der Waals surface area contributed by atoms with Crippen LogP contribution in [0, 0.1) is 5.82 Å². The van der Waals surface area contributed by atoms with E-state index in [1.165, 1.54) is 6.07 Å². The molecule has 3 nitrogen and oxygen atoms in total. The minimum Gasteiger partial charge on any atom is -0.397 e. The van der Waals surface area contributed by atoms with Crippen molar-refractivity contribution in [3.05, 3.63) is 23.0 Å². The Balaban J connectivity index is 2.23. The van der Waals surface area contributed by atoms with Crippen LogP contribution in [0.5, 0.6) is 0 Å². The fourth-order valence-corrected chi connectivity index (χ4v) is 2.44. The highest BCUT2D eigenvalue weighted by Gasteiger charge is 2.22. The first-order valence-corrected chi connectivity index (χ1v) is 6.61. The van der Waals surface area contributed by atoms with Crippen molar-refractivity contribution in [1.29, 1.82) is 0 Å². The molecular formula is C13H18ClFN2O. The Kier molecular flexibility index (Phi) is 4.30. The normalized spacial score (nSPS) is 19.2. The number of hydrogen-bond donors (Lipinski definition) is 1. The van der Waals surface area contributed by atoms with Gasteiger partial charge in [-0.3, -0.25) is 0 Å². The van der Waals surface area contributed by atoms with Gasteiger partial charge in [0.25, 0.3) is 0 Å². The molecule has 0 bridgehead atoms. The van der Waals surface area contributed by atoms with E-state index in [1.54, 1.807) is 6.07 Å². The van der Waals surface area contributed by atoms with E-state index in [0.717, 1.165) is 19.4 Å². The number of likely N-dealkylation sites (N-methyl/N-ethyl adjacent to an activating group) is 1. The number of hydrogen-bond acceptors (Lipinski definition) is 3. The zero-order chi connectivity index (χ0) is 13.1. The molecule has 100 valence electrons. The molecule has 1 aliphatic rings. The molecule has 1 saturated heterocycles. The molecule has 5 heteroatoms. The lowest BCUT2D eigenvalue weighted by atomic mass is 10.2. The van der Waals surface area contributed by atoms with E-state index in [4.69, 9.17) is 22.1 Å².